The van der Waals surface area contributed by atoms with Crippen molar-refractivity contribution < 1.29 is 32.0 Å². The van der Waals surface area contributed by atoms with Crippen LogP contribution in [0.1, 0.15) is 27.2 Å². The van der Waals surface area contributed by atoms with Crippen LogP contribution < -0.4 is 0 Å². The number of carbonyl (C=O) groups excluding carboxylic acids is 1. The maximum absolute atomic E-state index is 14.2. The molecule has 0 saturated carbocycles. The summed E-state index contributed by atoms with van der Waals surface area (Å²) < 4.78 is 59.3. The molecule has 4 rings (SSSR count). The molecule has 1 aliphatic rings. The molecule has 0 bridgehead atoms. The SMILES string of the molecule is N#Cc1c(C(=O)N2Cc3ccc(F)cc3C2)noc1-c1cc(F)c(F)c(O)c1F. The number of aromatic hydroxyl groups is 1. The molecule has 0 spiro atoms. The lowest BCUT2D eigenvalue weighted by molar-refractivity contribution is 0.0740. The molecule has 146 valence electrons. The molecular weight excluding hydrogens is 394 g/mol. The number of halogens is 4. The van der Waals surface area contributed by atoms with Gasteiger partial charge >= 0.3 is 0 Å². The van der Waals surface area contributed by atoms with Crippen LogP contribution in [0.5, 0.6) is 5.75 Å². The van der Waals surface area contributed by atoms with Crippen molar-refractivity contribution in [2.75, 3.05) is 0 Å². The number of carbonyl (C=O) groups is 1. The topological polar surface area (TPSA) is 90.4 Å². The molecule has 1 amide bonds. The highest BCUT2D eigenvalue weighted by molar-refractivity contribution is 5.96. The molecule has 29 heavy (non-hydrogen) atoms. The number of aromatic nitrogens is 1. The number of hydrogen-bond acceptors (Lipinski definition) is 5. The van der Waals surface area contributed by atoms with E-state index in [1.54, 1.807) is 6.07 Å². The predicted molar refractivity (Wildman–Crippen MR) is 88.2 cm³/mol. The third kappa shape index (κ3) is 2.87. The number of rotatable bonds is 2. The van der Waals surface area contributed by atoms with E-state index in [9.17, 15) is 32.7 Å². The van der Waals surface area contributed by atoms with Gasteiger partial charge in [0.2, 0.25) is 5.82 Å². The van der Waals surface area contributed by atoms with Gasteiger partial charge in [-0.25, -0.2) is 13.2 Å². The number of phenolic OH excluding ortho intramolecular Hbond substituents is 1. The number of fused-ring (bicyclic) bond motifs is 1. The summed E-state index contributed by atoms with van der Waals surface area (Å²) in [5.74, 6) is -8.39. The van der Waals surface area contributed by atoms with E-state index in [2.05, 4.69) is 5.16 Å². The molecule has 0 fully saturated rings. The number of amides is 1. The molecule has 0 aliphatic carbocycles. The zero-order chi connectivity index (χ0) is 20.9. The second-order valence-corrected chi connectivity index (χ2v) is 6.30. The lowest BCUT2D eigenvalue weighted by Crippen LogP contribution is -2.26. The van der Waals surface area contributed by atoms with E-state index in [1.807, 2.05) is 0 Å². The van der Waals surface area contributed by atoms with E-state index in [0.29, 0.717) is 17.2 Å². The highest BCUT2D eigenvalue weighted by Crippen LogP contribution is 2.36. The molecular formula is C19H9F4N3O3. The third-order valence-electron chi connectivity index (χ3n) is 4.56. The summed E-state index contributed by atoms with van der Waals surface area (Å²) in [4.78, 5) is 14.0. The molecule has 1 N–H and O–H groups in total. The first-order valence-electron chi connectivity index (χ1n) is 8.15. The second-order valence-electron chi connectivity index (χ2n) is 6.30. The Hall–Kier alpha value is -3.87. The van der Waals surface area contributed by atoms with Gasteiger partial charge in [0.1, 0.15) is 17.4 Å². The van der Waals surface area contributed by atoms with E-state index in [1.165, 1.54) is 23.1 Å². The molecule has 3 aromatic rings. The maximum atomic E-state index is 14.2. The summed E-state index contributed by atoms with van der Waals surface area (Å²) >= 11 is 0. The van der Waals surface area contributed by atoms with Gasteiger partial charge in [-0.15, -0.1) is 0 Å². The Morgan fingerprint density at radius 2 is 1.86 bits per heavy atom. The van der Waals surface area contributed by atoms with E-state index in [4.69, 9.17) is 4.52 Å². The van der Waals surface area contributed by atoms with Crippen LogP contribution in [0.15, 0.2) is 28.8 Å². The zero-order valence-corrected chi connectivity index (χ0v) is 14.3. The Kier molecular flexibility index (Phi) is 4.23. The Labute approximate surface area is 160 Å². The lowest BCUT2D eigenvalue weighted by Gasteiger charge is -2.13. The van der Waals surface area contributed by atoms with Gasteiger partial charge in [0.05, 0.1) is 5.56 Å². The number of hydrogen-bond donors (Lipinski definition) is 1. The fourth-order valence-corrected chi connectivity index (χ4v) is 3.14. The Morgan fingerprint density at radius 3 is 2.59 bits per heavy atom. The Bertz CT molecular complexity index is 1220. The molecule has 10 heteroatoms. The molecule has 0 saturated heterocycles. The van der Waals surface area contributed by atoms with Crippen molar-refractivity contribution in [2.45, 2.75) is 13.1 Å². The predicted octanol–water partition coefficient (Wildman–Crippen LogP) is 3.63. The minimum Gasteiger partial charge on any atom is -0.503 e. The van der Waals surface area contributed by atoms with E-state index >= 15 is 0 Å². The van der Waals surface area contributed by atoms with Crippen molar-refractivity contribution in [1.29, 1.82) is 5.26 Å². The molecule has 0 radical (unpaired) electrons. The van der Waals surface area contributed by atoms with Crippen molar-refractivity contribution in [3.63, 3.8) is 0 Å². The zero-order valence-electron chi connectivity index (χ0n) is 14.3. The summed E-state index contributed by atoms with van der Waals surface area (Å²) in [6.07, 6.45) is 0. The van der Waals surface area contributed by atoms with Crippen LogP contribution in [-0.4, -0.2) is 21.1 Å². The van der Waals surface area contributed by atoms with E-state index in [-0.39, 0.29) is 13.1 Å². The standard InChI is InChI=1S/C19H9F4N3O3/c20-10-2-1-8-6-26(7-9(8)3-10)19(28)16-12(5-24)18(29-25-16)11-4-13(21)15(23)17(27)14(11)22/h1-4,27H,6-7H2. The van der Waals surface area contributed by atoms with Crippen LogP contribution in [-0.2, 0) is 13.1 Å². The van der Waals surface area contributed by atoms with Gasteiger partial charge in [0.25, 0.3) is 5.91 Å². The molecule has 0 unspecified atom stereocenters. The number of nitriles is 1. The minimum atomic E-state index is -1.80. The minimum absolute atomic E-state index is 0.0549. The number of phenols is 1. The average molecular weight is 403 g/mol. The first-order chi connectivity index (χ1) is 13.8. The van der Waals surface area contributed by atoms with Gasteiger partial charge in [-0.3, -0.25) is 4.79 Å². The number of nitrogens with zero attached hydrogens (tertiary/aromatic N) is 3. The largest absolute Gasteiger partial charge is 0.503 e. The average Bonchev–Trinajstić information content (AvgIpc) is 3.32. The van der Waals surface area contributed by atoms with Crippen LogP contribution in [0, 0.1) is 34.6 Å². The van der Waals surface area contributed by atoms with Crippen LogP contribution in [0.2, 0.25) is 0 Å². The summed E-state index contributed by atoms with van der Waals surface area (Å²) in [6, 6.07) is 6.07. The first kappa shape index (κ1) is 18.5. The van der Waals surface area contributed by atoms with Crippen molar-refractivity contribution in [2.24, 2.45) is 0 Å². The normalized spacial score (nSPS) is 12.7. The van der Waals surface area contributed by atoms with Gasteiger partial charge in [-0.1, -0.05) is 11.2 Å². The highest BCUT2D eigenvalue weighted by Gasteiger charge is 2.32. The van der Waals surface area contributed by atoms with Gasteiger partial charge in [0.15, 0.2) is 28.8 Å². The number of benzene rings is 2. The second kappa shape index (κ2) is 6.63. The summed E-state index contributed by atoms with van der Waals surface area (Å²) in [5, 5.41) is 22.3. The van der Waals surface area contributed by atoms with Crippen LogP contribution in [0.4, 0.5) is 17.6 Å². The molecule has 1 aliphatic heterocycles. The van der Waals surface area contributed by atoms with Crippen LogP contribution in [0.3, 0.4) is 0 Å². The summed E-state index contributed by atoms with van der Waals surface area (Å²) in [6.45, 7) is 0.182. The summed E-state index contributed by atoms with van der Waals surface area (Å²) in [5.41, 5.74) is -0.465. The highest BCUT2D eigenvalue weighted by atomic mass is 19.2. The monoisotopic (exact) mass is 403 g/mol. The first-order valence-corrected chi connectivity index (χ1v) is 8.15. The molecule has 0 atom stereocenters. The smallest absolute Gasteiger partial charge is 0.278 e. The van der Waals surface area contributed by atoms with Crippen molar-refractivity contribution in [3.05, 3.63) is 69.9 Å². The molecule has 6 nitrogen and oxygen atoms in total. The van der Waals surface area contributed by atoms with Crippen molar-refractivity contribution in [1.82, 2.24) is 10.1 Å². The lowest BCUT2D eigenvalue weighted by atomic mass is 10.1. The molecule has 2 heterocycles. The van der Waals surface area contributed by atoms with E-state index < -0.39 is 57.5 Å². The van der Waals surface area contributed by atoms with Gasteiger partial charge < -0.3 is 14.5 Å². The Balaban J connectivity index is 1.73. The maximum Gasteiger partial charge on any atom is 0.278 e. The fourth-order valence-electron chi connectivity index (χ4n) is 3.14. The van der Waals surface area contributed by atoms with Gasteiger partial charge in [0, 0.05) is 13.1 Å². The third-order valence-corrected chi connectivity index (χ3v) is 4.56. The van der Waals surface area contributed by atoms with Crippen LogP contribution >= 0.6 is 0 Å². The van der Waals surface area contributed by atoms with Crippen LogP contribution in [0.25, 0.3) is 11.3 Å². The fraction of sp³-hybridized carbons (Fsp3) is 0.105. The van der Waals surface area contributed by atoms with Crippen molar-refractivity contribution >= 4 is 5.91 Å². The molecule has 1 aromatic heterocycles. The van der Waals surface area contributed by atoms with Gasteiger partial charge in [-0.2, -0.15) is 9.65 Å². The van der Waals surface area contributed by atoms with Crippen molar-refractivity contribution in [3.8, 4) is 23.1 Å². The molecule has 2 aromatic carbocycles. The van der Waals surface area contributed by atoms with E-state index in [0.717, 1.165) is 0 Å². The quantitative estimate of drug-likeness (QED) is 0.521. The Morgan fingerprint density at radius 1 is 1.14 bits per heavy atom. The summed E-state index contributed by atoms with van der Waals surface area (Å²) in [7, 11) is 0. The van der Waals surface area contributed by atoms with Gasteiger partial charge in [-0.05, 0) is 29.3 Å².